The molecule has 3 heterocycles. The van der Waals surface area contributed by atoms with Crippen molar-refractivity contribution >= 4 is 39.9 Å². The Morgan fingerprint density at radius 2 is 1.69 bits per heavy atom. The lowest BCUT2D eigenvalue weighted by molar-refractivity contribution is 0.0919. The molecule has 0 bridgehead atoms. The highest BCUT2D eigenvalue weighted by atomic mass is 35.5. The van der Waals surface area contributed by atoms with Crippen molar-refractivity contribution in [3.05, 3.63) is 100 Å². The molecule has 2 aliphatic heterocycles. The maximum absolute atomic E-state index is 14.2. The molecule has 1 saturated heterocycles. The second kappa shape index (κ2) is 8.54. The fraction of sp³-hybridized carbons (Fsp3) is 0.214. The number of nitrogens with one attached hydrogen (secondary N) is 2. The molecule has 8 heteroatoms. The van der Waals surface area contributed by atoms with Crippen LogP contribution in [0.1, 0.15) is 39.1 Å². The lowest BCUT2D eigenvalue weighted by Gasteiger charge is -2.38. The van der Waals surface area contributed by atoms with Crippen LogP contribution < -0.4 is 10.6 Å². The highest BCUT2D eigenvalue weighted by Gasteiger charge is 2.50. The maximum Gasteiger partial charge on any atom is 0.262 e. The van der Waals surface area contributed by atoms with Gasteiger partial charge in [0.2, 0.25) is 0 Å². The summed E-state index contributed by atoms with van der Waals surface area (Å²) in [5, 5.41) is 7.77. The first-order valence-corrected chi connectivity index (χ1v) is 12.2. The molecule has 1 spiro atoms. The van der Waals surface area contributed by atoms with Gasteiger partial charge in [-0.1, -0.05) is 35.9 Å². The van der Waals surface area contributed by atoms with Gasteiger partial charge in [-0.2, -0.15) is 0 Å². The number of hydrogen-bond acceptors (Lipinski definition) is 4. The second-order valence-electron chi connectivity index (χ2n) is 9.43. The minimum absolute atomic E-state index is 0.141. The number of hydrogen-bond donors (Lipinski definition) is 2. The van der Waals surface area contributed by atoms with Crippen LogP contribution in [0.5, 0.6) is 0 Å². The van der Waals surface area contributed by atoms with E-state index >= 15 is 0 Å². The monoisotopic (exact) mass is 505 g/mol. The Labute approximate surface area is 211 Å². The number of benzene rings is 3. The molecule has 182 valence electrons. The Morgan fingerprint density at radius 3 is 2.44 bits per heavy atom. The average Bonchev–Trinajstić information content (AvgIpc) is 3.39. The topological polar surface area (TPSA) is 63.1 Å². The van der Waals surface area contributed by atoms with Crippen LogP contribution in [0, 0.1) is 11.6 Å². The molecule has 1 aromatic heterocycles. The number of carbonyl (C=O) groups is 2. The normalized spacial score (nSPS) is 18.2. The quantitative estimate of drug-likeness (QED) is 0.358. The SMILES string of the molecule is O=C(c1cn(C(=O)c2cc(F)cc(F)c2)c2cc(Cl)ccc12)[C@@H]1Nc2ccccc2C12CCNCC2. The van der Waals surface area contributed by atoms with Gasteiger partial charge in [0.1, 0.15) is 11.6 Å². The Kier molecular flexibility index (Phi) is 5.43. The molecule has 0 saturated carbocycles. The zero-order valence-corrected chi connectivity index (χ0v) is 19.9. The lowest BCUT2D eigenvalue weighted by Crippen LogP contribution is -2.50. The molecule has 2 N–H and O–H groups in total. The first-order valence-electron chi connectivity index (χ1n) is 11.8. The van der Waals surface area contributed by atoms with E-state index in [1.54, 1.807) is 18.2 Å². The first-order chi connectivity index (χ1) is 17.4. The zero-order chi connectivity index (χ0) is 25.0. The molecule has 5 nitrogen and oxygen atoms in total. The van der Waals surface area contributed by atoms with E-state index < -0.39 is 23.6 Å². The van der Waals surface area contributed by atoms with E-state index in [1.165, 1.54) is 10.8 Å². The fourth-order valence-corrected chi connectivity index (χ4v) is 5.94. The maximum atomic E-state index is 14.2. The zero-order valence-electron chi connectivity index (χ0n) is 19.2. The van der Waals surface area contributed by atoms with Gasteiger partial charge in [0.15, 0.2) is 5.78 Å². The molecular weight excluding hydrogens is 484 g/mol. The average molecular weight is 506 g/mol. The Hall–Kier alpha value is -3.55. The number of anilines is 1. The summed E-state index contributed by atoms with van der Waals surface area (Å²) in [6.07, 6.45) is 3.05. The van der Waals surface area contributed by atoms with Gasteiger partial charge < -0.3 is 10.6 Å². The van der Waals surface area contributed by atoms with Crippen LogP contribution in [-0.4, -0.2) is 35.4 Å². The van der Waals surface area contributed by atoms with Crippen LogP contribution in [-0.2, 0) is 5.41 Å². The Bertz CT molecular complexity index is 1520. The van der Waals surface area contributed by atoms with Crippen molar-refractivity contribution in [2.75, 3.05) is 18.4 Å². The van der Waals surface area contributed by atoms with Crippen molar-refractivity contribution in [1.82, 2.24) is 9.88 Å². The largest absolute Gasteiger partial charge is 0.374 e. The number of rotatable bonds is 3. The van der Waals surface area contributed by atoms with Gasteiger partial charge in [-0.15, -0.1) is 0 Å². The van der Waals surface area contributed by atoms with Crippen molar-refractivity contribution in [1.29, 1.82) is 0 Å². The van der Waals surface area contributed by atoms with Crippen LogP contribution >= 0.6 is 11.6 Å². The molecule has 6 rings (SSSR count). The smallest absolute Gasteiger partial charge is 0.262 e. The number of Topliss-reactive ketones (excluding diaryl/α,β-unsaturated/α-hetero) is 1. The minimum Gasteiger partial charge on any atom is -0.374 e. The fourth-order valence-electron chi connectivity index (χ4n) is 5.78. The van der Waals surface area contributed by atoms with E-state index in [9.17, 15) is 18.4 Å². The molecule has 0 unspecified atom stereocenters. The van der Waals surface area contributed by atoms with Crippen LogP contribution in [0.15, 0.2) is 66.9 Å². The highest BCUT2D eigenvalue weighted by Crippen LogP contribution is 2.48. The first kappa shape index (κ1) is 22.9. The number of nitrogens with zero attached hydrogens (tertiary/aromatic N) is 1. The van der Waals surface area contributed by atoms with Gasteiger partial charge in [0, 0.05) is 44.9 Å². The standard InChI is InChI=1S/C28H22ClF2N3O2/c29-17-5-6-20-21(15-34(24(20)13-17)27(36)16-11-18(30)14-19(31)12-16)25(35)26-28(7-9-32-10-8-28)22-3-1-2-4-23(22)33-26/h1-6,11-15,26,32-33H,7-10H2/t26-/m0/s1. The summed E-state index contributed by atoms with van der Waals surface area (Å²) in [6, 6.07) is 15.1. The predicted molar refractivity (Wildman–Crippen MR) is 135 cm³/mol. The number of aromatic nitrogens is 1. The molecule has 1 atom stereocenters. The predicted octanol–water partition coefficient (Wildman–Crippen LogP) is 5.56. The van der Waals surface area contributed by atoms with E-state index in [-0.39, 0.29) is 16.8 Å². The van der Waals surface area contributed by atoms with Crippen molar-refractivity contribution in [2.24, 2.45) is 0 Å². The van der Waals surface area contributed by atoms with Gasteiger partial charge in [0.05, 0.1) is 11.6 Å². The summed E-state index contributed by atoms with van der Waals surface area (Å²) < 4.78 is 29.0. The van der Waals surface area contributed by atoms with Gasteiger partial charge >= 0.3 is 0 Å². The molecule has 0 radical (unpaired) electrons. The van der Waals surface area contributed by atoms with E-state index in [0.29, 0.717) is 27.6 Å². The van der Waals surface area contributed by atoms with Crippen molar-refractivity contribution in [3.8, 4) is 0 Å². The minimum atomic E-state index is -0.857. The van der Waals surface area contributed by atoms with Gasteiger partial charge in [-0.3, -0.25) is 14.2 Å². The van der Waals surface area contributed by atoms with Crippen LogP contribution in [0.3, 0.4) is 0 Å². The van der Waals surface area contributed by atoms with E-state index in [1.807, 2.05) is 18.2 Å². The highest BCUT2D eigenvalue weighted by molar-refractivity contribution is 6.31. The Balaban J connectivity index is 1.48. The number of ketones is 1. The van der Waals surface area contributed by atoms with Crippen molar-refractivity contribution < 1.29 is 18.4 Å². The molecule has 2 aliphatic rings. The summed E-state index contributed by atoms with van der Waals surface area (Å²) in [5.41, 5.74) is 2.28. The number of para-hydroxylation sites is 1. The van der Waals surface area contributed by atoms with Gasteiger partial charge in [-0.05, 0) is 61.8 Å². The number of carbonyl (C=O) groups excluding carboxylic acids is 2. The molecule has 0 aliphatic carbocycles. The summed E-state index contributed by atoms with van der Waals surface area (Å²) in [4.78, 5) is 27.6. The summed E-state index contributed by atoms with van der Waals surface area (Å²) >= 11 is 6.24. The second-order valence-corrected chi connectivity index (χ2v) is 9.87. The lowest BCUT2D eigenvalue weighted by atomic mass is 9.68. The van der Waals surface area contributed by atoms with Crippen molar-refractivity contribution in [3.63, 3.8) is 0 Å². The molecular formula is C28H22ClF2N3O2. The Morgan fingerprint density at radius 1 is 0.972 bits per heavy atom. The van der Waals surface area contributed by atoms with Crippen LogP contribution in [0.25, 0.3) is 10.9 Å². The molecule has 3 aromatic carbocycles. The molecule has 0 amide bonds. The van der Waals surface area contributed by atoms with Gasteiger partial charge in [0.25, 0.3) is 5.91 Å². The van der Waals surface area contributed by atoms with Crippen molar-refractivity contribution in [2.45, 2.75) is 24.3 Å². The summed E-state index contributed by atoms with van der Waals surface area (Å²) in [7, 11) is 0. The number of piperidine rings is 1. The third-order valence-electron chi connectivity index (χ3n) is 7.44. The number of halogens is 3. The van der Waals surface area contributed by atoms with Crippen LogP contribution in [0.2, 0.25) is 5.02 Å². The third-order valence-corrected chi connectivity index (χ3v) is 7.67. The van der Waals surface area contributed by atoms with Gasteiger partial charge in [-0.25, -0.2) is 8.78 Å². The summed E-state index contributed by atoms with van der Waals surface area (Å²) in [6.45, 7) is 1.58. The summed E-state index contributed by atoms with van der Waals surface area (Å²) in [5.74, 6) is -2.51. The van der Waals surface area contributed by atoms with E-state index in [4.69, 9.17) is 11.6 Å². The third kappa shape index (κ3) is 3.53. The molecule has 1 fully saturated rings. The number of fused-ring (bicyclic) bond motifs is 3. The molecule has 36 heavy (non-hydrogen) atoms. The van der Waals surface area contributed by atoms with Crippen LogP contribution in [0.4, 0.5) is 14.5 Å². The molecule has 4 aromatic rings. The van der Waals surface area contributed by atoms with E-state index in [0.717, 1.165) is 49.3 Å². The van der Waals surface area contributed by atoms with E-state index in [2.05, 4.69) is 16.7 Å².